The molecule has 0 saturated carbocycles. The number of hydrogen-bond donors (Lipinski definition) is 1. The van der Waals surface area contributed by atoms with E-state index in [1.54, 1.807) is 37.1 Å². The van der Waals surface area contributed by atoms with Crippen molar-refractivity contribution in [3.63, 3.8) is 0 Å². The third-order valence-corrected chi connectivity index (χ3v) is 6.86. The number of allylic oxidation sites excluding steroid dienone is 1. The van der Waals surface area contributed by atoms with Crippen molar-refractivity contribution < 1.29 is 23.7 Å². The Morgan fingerprint density at radius 2 is 1.88 bits per heavy atom. The summed E-state index contributed by atoms with van der Waals surface area (Å²) in [4.78, 5) is 1.21. The molecule has 0 aromatic heterocycles. The number of benzene rings is 3. The van der Waals surface area contributed by atoms with Gasteiger partial charge in [-0.3, -0.25) is 0 Å². The van der Waals surface area contributed by atoms with Gasteiger partial charge in [-0.25, -0.2) is 4.39 Å². The number of hydrogen-bond acceptors (Lipinski definition) is 5. The van der Waals surface area contributed by atoms with Crippen LogP contribution in [-0.2, 0) is 17.6 Å². The quantitative estimate of drug-likeness (QED) is 0.297. The van der Waals surface area contributed by atoms with Gasteiger partial charge in [0.05, 0.1) is 19.5 Å². The van der Waals surface area contributed by atoms with E-state index in [0.29, 0.717) is 6.61 Å². The Labute approximate surface area is 204 Å². The van der Waals surface area contributed by atoms with Crippen molar-refractivity contribution in [3.8, 4) is 23.0 Å². The number of thioether (sulfide) groups is 1. The average molecular weight is 481 g/mol. The molecule has 1 heterocycles. The molecule has 178 valence electrons. The van der Waals surface area contributed by atoms with Gasteiger partial charge in [0.1, 0.15) is 28.8 Å². The lowest BCUT2D eigenvalue weighted by Gasteiger charge is -2.11. The lowest BCUT2D eigenvalue weighted by atomic mass is 9.97. The third-order valence-electron chi connectivity index (χ3n) is 6.11. The number of phenols is 1. The van der Waals surface area contributed by atoms with Gasteiger partial charge in [0.15, 0.2) is 0 Å². The van der Waals surface area contributed by atoms with Gasteiger partial charge in [0, 0.05) is 34.4 Å². The van der Waals surface area contributed by atoms with Crippen molar-refractivity contribution in [2.24, 2.45) is 0 Å². The minimum absolute atomic E-state index is 0.0995. The first-order valence-electron chi connectivity index (χ1n) is 11.3. The number of aromatic hydroxyl groups is 1. The van der Waals surface area contributed by atoms with Gasteiger partial charge >= 0.3 is 0 Å². The third kappa shape index (κ3) is 5.50. The van der Waals surface area contributed by atoms with Gasteiger partial charge in [-0.15, -0.1) is 11.8 Å². The van der Waals surface area contributed by atoms with Crippen LogP contribution in [0.1, 0.15) is 35.4 Å². The Morgan fingerprint density at radius 3 is 2.62 bits per heavy atom. The second-order valence-electron chi connectivity index (χ2n) is 8.31. The highest BCUT2D eigenvalue weighted by atomic mass is 32.2. The summed E-state index contributed by atoms with van der Waals surface area (Å²) in [6.07, 6.45) is 5.55. The zero-order valence-corrected chi connectivity index (χ0v) is 20.3. The summed E-state index contributed by atoms with van der Waals surface area (Å²) in [5, 5.41) is 9.29. The first-order chi connectivity index (χ1) is 16.5. The van der Waals surface area contributed by atoms with Gasteiger partial charge in [-0.05, 0) is 73.5 Å². The number of ether oxygens (including phenoxy) is 3. The molecule has 2 aliphatic rings. The molecule has 34 heavy (non-hydrogen) atoms. The number of rotatable bonds is 6. The number of phenolic OH excluding ortho intramolecular Hbond substituents is 1. The summed E-state index contributed by atoms with van der Waals surface area (Å²) in [5.41, 5.74) is 2.98. The molecule has 1 aliphatic heterocycles. The van der Waals surface area contributed by atoms with Crippen molar-refractivity contribution >= 4 is 11.8 Å². The van der Waals surface area contributed by atoms with Gasteiger partial charge in [0.2, 0.25) is 0 Å². The molecule has 0 fully saturated rings. The second-order valence-corrected chi connectivity index (χ2v) is 9.19. The van der Waals surface area contributed by atoms with Crippen molar-refractivity contribution in [1.29, 1.82) is 0 Å². The predicted molar refractivity (Wildman–Crippen MR) is 134 cm³/mol. The molecule has 0 amide bonds. The normalized spacial score (nSPS) is 15.4. The molecule has 0 spiro atoms. The van der Waals surface area contributed by atoms with E-state index in [9.17, 15) is 9.50 Å². The Balaban J connectivity index is 0.000000166. The van der Waals surface area contributed by atoms with E-state index in [1.807, 2.05) is 36.6 Å². The SMILES string of the molecule is C=C(CC1COc2cc(O)ccc21)OC.CSc1ccc(Oc2ccc(F)c3c2CCC3)cc1. The molecule has 1 N–H and O–H groups in total. The molecule has 0 bridgehead atoms. The Kier molecular flexibility index (Phi) is 7.68. The summed E-state index contributed by atoms with van der Waals surface area (Å²) < 4.78 is 30.1. The standard InChI is InChI=1S/C16H15FOS.C12H14O3/c1-19-12-7-5-11(6-8-12)18-16-10-9-15(17)13-3-2-4-14(13)16;1-8(14-2)5-9-7-15-12-6-10(13)3-4-11(9)12/h5-10H,2-4H2,1H3;3-4,6,9,13H,1,5,7H2,2H3. The van der Waals surface area contributed by atoms with Crippen LogP contribution in [0.4, 0.5) is 4.39 Å². The highest BCUT2D eigenvalue weighted by Gasteiger charge is 2.25. The fourth-order valence-electron chi connectivity index (χ4n) is 4.29. The molecule has 1 unspecified atom stereocenters. The zero-order chi connectivity index (χ0) is 24.1. The minimum atomic E-state index is -0.0995. The van der Waals surface area contributed by atoms with Crippen LogP contribution >= 0.6 is 11.8 Å². The largest absolute Gasteiger partial charge is 0.508 e. The molecule has 5 rings (SSSR count). The molecular formula is C28H29FO4S. The Morgan fingerprint density at radius 1 is 1.12 bits per heavy atom. The summed E-state index contributed by atoms with van der Waals surface area (Å²) in [6, 6.07) is 16.4. The summed E-state index contributed by atoms with van der Waals surface area (Å²) >= 11 is 1.70. The zero-order valence-electron chi connectivity index (χ0n) is 19.5. The molecule has 1 atom stereocenters. The highest BCUT2D eigenvalue weighted by molar-refractivity contribution is 7.98. The maximum atomic E-state index is 13.6. The van der Waals surface area contributed by atoms with Crippen LogP contribution in [0.2, 0.25) is 0 Å². The topological polar surface area (TPSA) is 47.9 Å². The van der Waals surface area contributed by atoms with E-state index in [-0.39, 0.29) is 17.5 Å². The number of fused-ring (bicyclic) bond motifs is 2. The van der Waals surface area contributed by atoms with Crippen LogP contribution in [0, 0.1) is 5.82 Å². The average Bonchev–Trinajstić information content (AvgIpc) is 3.50. The van der Waals surface area contributed by atoms with Crippen LogP contribution in [0.15, 0.2) is 71.8 Å². The number of halogens is 1. The lowest BCUT2D eigenvalue weighted by molar-refractivity contribution is 0.258. The fraction of sp³-hybridized carbons (Fsp3) is 0.286. The minimum Gasteiger partial charge on any atom is -0.508 e. The van der Waals surface area contributed by atoms with Gasteiger partial charge in [0.25, 0.3) is 0 Å². The first-order valence-corrected chi connectivity index (χ1v) is 12.5. The van der Waals surface area contributed by atoms with Crippen LogP contribution in [0.5, 0.6) is 23.0 Å². The molecular weight excluding hydrogens is 451 g/mol. The maximum absolute atomic E-state index is 13.6. The van der Waals surface area contributed by atoms with Crippen molar-refractivity contribution in [1.82, 2.24) is 0 Å². The second kappa shape index (κ2) is 10.9. The molecule has 3 aromatic rings. The monoisotopic (exact) mass is 480 g/mol. The lowest BCUT2D eigenvalue weighted by Crippen LogP contribution is -2.02. The van der Waals surface area contributed by atoms with E-state index in [4.69, 9.17) is 14.2 Å². The van der Waals surface area contributed by atoms with Crippen LogP contribution in [-0.4, -0.2) is 25.1 Å². The summed E-state index contributed by atoms with van der Waals surface area (Å²) in [5.74, 6) is 3.54. The van der Waals surface area contributed by atoms with Gasteiger partial charge < -0.3 is 19.3 Å². The first kappa shape index (κ1) is 24.0. The molecule has 3 aromatic carbocycles. The van der Waals surface area contributed by atoms with Crippen molar-refractivity contribution in [3.05, 3.63) is 89.4 Å². The van der Waals surface area contributed by atoms with Crippen molar-refractivity contribution in [2.45, 2.75) is 36.5 Å². The molecule has 6 heteroatoms. The number of methoxy groups -OCH3 is 1. The van der Waals surface area contributed by atoms with Crippen LogP contribution < -0.4 is 9.47 Å². The van der Waals surface area contributed by atoms with E-state index in [1.165, 1.54) is 11.0 Å². The maximum Gasteiger partial charge on any atom is 0.131 e. The molecule has 1 aliphatic carbocycles. The van der Waals surface area contributed by atoms with E-state index >= 15 is 0 Å². The predicted octanol–water partition coefficient (Wildman–Crippen LogP) is 7.25. The van der Waals surface area contributed by atoms with E-state index in [2.05, 4.69) is 6.58 Å². The van der Waals surface area contributed by atoms with Crippen LogP contribution in [0.3, 0.4) is 0 Å². The molecule has 4 nitrogen and oxygen atoms in total. The summed E-state index contributed by atoms with van der Waals surface area (Å²) in [6.45, 7) is 4.43. The van der Waals surface area contributed by atoms with Crippen molar-refractivity contribution in [2.75, 3.05) is 20.0 Å². The van der Waals surface area contributed by atoms with Crippen LogP contribution in [0.25, 0.3) is 0 Å². The van der Waals surface area contributed by atoms with E-state index in [0.717, 1.165) is 65.4 Å². The molecule has 0 radical (unpaired) electrons. The molecule has 0 saturated heterocycles. The fourth-order valence-corrected chi connectivity index (χ4v) is 4.70. The summed E-state index contributed by atoms with van der Waals surface area (Å²) in [7, 11) is 1.62. The Hall–Kier alpha value is -3.12. The van der Waals surface area contributed by atoms with Gasteiger partial charge in [-0.1, -0.05) is 12.6 Å². The highest BCUT2D eigenvalue weighted by Crippen LogP contribution is 2.39. The smallest absolute Gasteiger partial charge is 0.131 e. The Bertz CT molecular complexity index is 1160. The van der Waals surface area contributed by atoms with Gasteiger partial charge in [-0.2, -0.15) is 0 Å². The van der Waals surface area contributed by atoms with E-state index < -0.39 is 0 Å².